The van der Waals surface area contributed by atoms with Crippen molar-refractivity contribution in [1.82, 2.24) is 14.4 Å². The first-order valence-corrected chi connectivity index (χ1v) is 4.85. The van der Waals surface area contributed by atoms with Gasteiger partial charge in [-0.25, -0.2) is 9.78 Å². The molecule has 0 amide bonds. The van der Waals surface area contributed by atoms with Gasteiger partial charge in [-0.2, -0.15) is 0 Å². The lowest BCUT2D eigenvalue weighted by atomic mass is 10.3. The van der Waals surface area contributed by atoms with Gasteiger partial charge in [0.05, 0.1) is 11.2 Å². The van der Waals surface area contributed by atoms with Crippen LogP contribution in [0.15, 0.2) is 24.5 Å². The van der Waals surface area contributed by atoms with Crippen LogP contribution in [0.1, 0.15) is 16.2 Å². The molecule has 3 heterocycles. The van der Waals surface area contributed by atoms with E-state index in [1.54, 1.807) is 6.07 Å². The third-order valence-corrected chi connectivity index (χ3v) is 2.57. The van der Waals surface area contributed by atoms with Crippen LogP contribution < -0.4 is 0 Å². The van der Waals surface area contributed by atoms with Crippen LogP contribution in [-0.2, 0) is 0 Å². The van der Waals surface area contributed by atoms with Gasteiger partial charge in [0.15, 0.2) is 0 Å². The molecule has 0 spiro atoms. The molecule has 0 fully saturated rings. The van der Waals surface area contributed by atoms with Crippen LogP contribution in [0.3, 0.4) is 0 Å². The van der Waals surface area contributed by atoms with E-state index in [0.29, 0.717) is 0 Å². The molecule has 0 aliphatic heterocycles. The van der Waals surface area contributed by atoms with E-state index in [-0.39, 0.29) is 5.69 Å². The van der Waals surface area contributed by atoms with Crippen molar-refractivity contribution >= 4 is 22.5 Å². The molecular weight excluding hydrogens is 206 g/mol. The molecule has 0 bridgehead atoms. The topological polar surface area (TPSA) is 70.4 Å². The standard InChI is InChI=1S/C11H9N3O2/c1-6-5-14-3-2-8-7(10(14)12-6)4-9(13-8)11(15)16/h2-5,13H,1H3,(H,15,16). The minimum absolute atomic E-state index is 0.184. The number of carboxylic acids is 1. The molecule has 0 unspecified atom stereocenters. The van der Waals surface area contributed by atoms with Gasteiger partial charge in [-0.15, -0.1) is 0 Å². The number of nitrogens with zero attached hydrogens (tertiary/aromatic N) is 2. The molecule has 5 heteroatoms. The normalized spacial score (nSPS) is 11.3. The maximum Gasteiger partial charge on any atom is 0.352 e. The van der Waals surface area contributed by atoms with Gasteiger partial charge < -0.3 is 14.5 Å². The SMILES string of the molecule is Cc1cn2ccc3[nH]c(C(=O)O)cc3c2n1. The molecule has 0 aliphatic carbocycles. The number of hydrogen-bond acceptors (Lipinski definition) is 2. The van der Waals surface area contributed by atoms with E-state index in [1.807, 2.05) is 29.8 Å². The maximum absolute atomic E-state index is 10.9. The molecule has 0 saturated heterocycles. The molecule has 0 radical (unpaired) electrons. The zero-order valence-corrected chi connectivity index (χ0v) is 8.56. The Morgan fingerprint density at radius 2 is 2.38 bits per heavy atom. The van der Waals surface area contributed by atoms with E-state index >= 15 is 0 Å². The van der Waals surface area contributed by atoms with Gasteiger partial charge in [-0.1, -0.05) is 0 Å². The summed E-state index contributed by atoms with van der Waals surface area (Å²) < 4.78 is 1.89. The quantitative estimate of drug-likeness (QED) is 0.650. The first kappa shape index (κ1) is 8.96. The zero-order valence-electron chi connectivity index (χ0n) is 8.56. The number of aryl methyl sites for hydroxylation is 1. The Bertz CT molecular complexity index is 708. The van der Waals surface area contributed by atoms with Gasteiger partial charge in [0.2, 0.25) is 0 Å². The maximum atomic E-state index is 10.9. The summed E-state index contributed by atoms with van der Waals surface area (Å²) in [7, 11) is 0. The van der Waals surface area contributed by atoms with Crippen LogP contribution in [0.5, 0.6) is 0 Å². The summed E-state index contributed by atoms with van der Waals surface area (Å²) in [6, 6.07) is 3.45. The van der Waals surface area contributed by atoms with Crippen molar-refractivity contribution in [3.8, 4) is 0 Å². The van der Waals surface area contributed by atoms with Crippen molar-refractivity contribution < 1.29 is 9.90 Å². The van der Waals surface area contributed by atoms with Crippen LogP contribution in [-0.4, -0.2) is 25.4 Å². The number of aromatic carboxylic acids is 1. The molecule has 0 aliphatic rings. The minimum atomic E-state index is -0.961. The predicted molar refractivity (Wildman–Crippen MR) is 58.7 cm³/mol. The lowest BCUT2D eigenvalue weighted by Gasteiger charge is -1.93. The highest BCUT2D eigenvalue weighted by Gasteiger charge is 2.10. The smallest absolute Gasteiger partial charge is 0.352 e. The summed E-state index contributed by atoms with van der Waals surface area (Å²) in [6.45, 7) is 1.91. The molecular formula is C11H9N3O2. The highest BCUT2D eigenvalue weighted by atomic mass is 16.4. The van der Waals surface area contributed by atoms with E-state index in [1.165, 1.54) is 0 Å². The van der Waals surface area contributed by atoms with Crippen LogP contribution >= 0.6 is 0 Å². The van der Waals surface area contributed by atoms with Gasteiger partial charge in [-0.05, 0) is 19.1 Å². The molecule has 5 nitrogen and oxygen atoms in total. The lowest BCUT2D eigenvalue weighted by Crippen LogP contribution is -1.94. The average Bonchev–Trinajstić information content (AvgIpc) is 2.77. The third-order valence-electron chi connectivity index (χ3n) is 2.57. The van der Waals surface area contributed by atoms with E-state index in [0.717, 1.165) is 22.2 Å². The Balaban J connectivity index is 2.44. The lowest BCUT2D eigenvalue weighted by molar-refractivity contribution is 0.0691. The Morgan fingerprint density at radius 1 is 1.56 bits per heavy atom. The Hall–Kier alpha value is -2.30. The molecule has 0 atom stereocenters. The Kier molecular flexibility index (Phi) is 1.60. The van der Waals surface area contributed by atoms with Crippen LogP contribution in [0, 0.1) is 6.92 Å². The molecule has 3 aromatic rings. The number of pyridine rings is 1. The van der Waals surface area contributed by atoms with E-state index < -0.39 is 5.97 Å². The summed E-state index contributed by atoms with van der Waals surface area (Å²) in [5.41, 5.74) is 2.66. The van der Waals surface area contributed by atoms with Crippen molar-refractivity contribution in [2.75, 3.05) is 0 Å². The number of carbonyl (C=O) groups is 1. The molecule has 3 rings (SSSR count). The fourth-order valence-corrected chi connectivity index (χ4v) is 1.89. The van der Waals surface area contributed by atoms with Gasteiger partial charge in [0.25, 0.3) is 0 Å². The number of imidazole rings is 1. The first-order chi connectivity index (χ1) is 7.65. The number of fused-ring (bicyclic) bond motifs is 3. The largest absolute Gasteiger partial charge is 0.477 e. The summed E-state index contributed by atoms with van der Waals surface area (Å²) >= 11 is 0. The number of hydrogen-bond donors (Lipinski definition) is 2. The second kappa shape index (κ2) is 2.85. The minimum Gasteiger partial charge on any atom is -0.477 e. The van der Waals surface area contributed by atoms with Gasteiger partial charge >= 0.3 is 5.97 Å². The fourth-order valence-electron chi connectivity index (χ4n) is 1.89. The zero-order chi connectivity index (χ0) is 11.3. The summed E-state index contributed by atoms with van der Waals surface area (Å²) in [5, 5.41) is 9.73. The number of aromatic nitrogens is 3. The summed E-state index contributed by atoms with van der Waals surface area (Å²) in [6.07, 6.45) is 3.77. The monoisotopic (exact) mass is 215 g/mol. The number of rotatable bonds is 1. The van der Waals surface area contributed by atoms with Crippen molar-refractivity contribution in [3.63, 3.8) is 0 Å². The number of H-pyrrole nitrogens is 1. The van der Waals surface area contributed by atoms with Crippen LogP contribution in [0.2, 0.25) is 0 Å². The predicted octanol–water partition coefficient (Wildman–Crippen LogP) is 1.82. The van der Waals surface area contributed by atoms with E-state index in [9.17, 15) is 4.79 Å². The third kappa shape index (κ3) is 1.11. The van der Waals surface area contributed by atoms with Gasteiger partial charge in [-0.3, -0.25) is 0 Å². The fraction of sp³-hybridized carbons (Fsp3) is 0.0909. The van der Waals surface area contributed by atoms with E-state index in [2.05, 4.69) is 9.97 Å². The Morgan fingerprint density at radius 3 is 3.12 bits per heavy atom. The van der Waals surface area contributed by atoms with Crippen molar-refractivity contribution in [3.05, 3.63) is 35.9 Å². The molecule has 3 aromatic heterocycles. The average molecular weight is 215 g/mol. The summed E-state index contributed by atoms with van der Waals surface area (Å²) in [5.74, 6) is -0.961. The van der Waals surface area contributed by atoms with E-state index in [4.69, 9.17) is 5.11 Å². The molecule has 16 heavy (non-hydrogen) atoms. The molecule has 0 saturated carbocycles. The number of nitrogens with one attached hydrogen (secondary N) is 1. The van der Waals surface area contributed by atoms with Crippen molar-refractivity contribution in [2.45, 2.75) is 6.92 Å². The first-order valence-electron chi connectivity index (χ1n) is 4.85. The molecule has 2 N–H and O–H groups in total. The molecule has 0 aromatic carbocycles. The number of carboxylic acid groups (broad SMARTS) is 1. The van der Waals surface area contributed by atoms with Gasteiger partial charge in [0.1, 0.15) is 11.3 Å². The molecule has 80 valence electrons. The van der Waals surface area contributed by atoms with Crippen LogP contribution in [0.25, 0.3) is 16.6 Å². The van der Waals surface area contributed by atoms with Crippen molar-refractivity contribution in [1.29, 1.82) is 0 Å². The summed E-state index contributed by atoms with van der Waals surface area (Å²) in [4.78, 5) is 18.1. The van der Waals surface area contributed by atoms with Crippen LogP contribution in [0.4, 0.5) is 0 Å². The Labute approximate surface area is 90.3 Å². The number of aromatic amines is 1. The van der Waals surface area contributed by atoms with Gasteiger partial charge in [0, 0.05) is 17.8 Å². The highest BCUT2D eigenvalue weighted by molar-refractivity contribution is 5.99. The second-order valence-electron chi connectivity index (χ2n) is 3.74. The second-order valence-corrected chi connectivity index (χ2v) is 3.74. The van der Waals surface area contributed by atoms with Crippen molar-refractivity contribution in [2.24, 2.45) is 0 Å². The highest BCUT2D eigenvalue weighted by Crippen LogP contribution is 2.20.